The van der Waals surface area contributed by atoms with Gasteiger partial charge in [-0.25, -0.2) is 9.67 Å². The number of hydrogen-bond acceptors (Lipinski definition) is 4. The summed E-state index contributed by atoms with van der Waals surface area (Å²) in [6.45, 7) is 3.86. The highest BCUT2D eigenvalue weighted by Crippen LogP contribution is 2.09. The van der Waals surface area contributed by atoms with Crippen molar-refractivity contribution >= 4 is 0 Å². The summed E-state index contributed by atoms with van der Waals surface area (Å²) in [4.78, 5) is 4.06. The van der Waals surface area contributed by atoms with Gasteiger partial charge >= 0.3 is 0 Å². The first-order chi connectivity index (χ1) is 6.69. The normalized spacial score (nSPS) is 12.8. The molecule has 5 heteroatoms. The zero-order valence-electron chi connectivity index (χ0n) is 8.38. The molecule has 5 nitrogen and oxygen atoms in total. The first kappa shape index (κ1) is 10.7. The molecule has 0 saturated heterocycles. The molecule has 0 saturated carbocycles. The quantitative estimate of drug-likeness (QED) is 0.758. The van der Waals surface area contributed by atoms with Crippen molar-refractivity contribution in [1.82, 2.24) is 14.8 Å². The summed E-state index contributed by atoms with van der Waals surface area (Å²) in [6, 6.07) is 2.25. The molecule has 1 unspecified atom stereocenters. The van der Waals surface area contributed by atoms with Gasteiger partial charge in [0.05, 0.1) is 18.6 Å². The van der Waals surface area contributed by atoms with Gasteiger partial charge < -0.3 is 5.11 Å². The van der Waals surface area contributed by atoms with Crippen molar-refractivity contribution in [1.29, 1.82) is 5.26 Å². The third-order valence-corrected chi connectivity index (χ3v) is 1.97. The molecule has 1 N–H and O–H groups in total. The minimum absolute atomic E-state index is 0.137. The van der Waals surface area contributed by atoms with Crippen LogP contribution in [0.2, 0.25) is 0 Å². The summed E-state index contributed by atoms with van der Waals surface area (Å²) in [5.41, 5.74) is 0. The van der Waals surface area contributed by atoms with Crippen molar-refractivity contribution in [2.45, 2.75) is 26.3 Å². The third kappa shape index (κ3) is 2.30. The fourth-order valence-corrected chi connectivity index (χ4v) is 1.22. The average molecular weight is 194 g/mol. The molecular weight excluding hydrogens is 180 g/mol. The van der Waals surface area contributed by atoms with Crippen molar-refractivity contribution in [3.05, 3.63) is 12.2 Å². The fraction of sp³-hybridized carbons (Fsp3) is 0.667. The Hall–Kier alpha value is -1.41. The molecule has 1 heterocycles. The Labute approximate surface area is 83.0 Å². The van der Waals surface area contributed by atoms with Gasteiger partial charge in [0.15, 0.2) is 0 Å². The minimum Gasteiger partial charge on any atom is -0.395 e. The van der Waals surface area contributed by atoms with Gasteiger partial charge in [0.2, 0.25) is 0 Å². The van der Waals surface area contributed by atoms with E-state index < -0.39 is 5.92 Å². The molecule has 0 radical (unpaired) electrons. The SMILES string of the molecule is CC(C)n1ncnc1CC(C#N)CO. The van der Waals surface area contributed by atoms with Crippen LogP contribution in [-0.2, 0) is 6.42 Å². The third-order valence-electron chi connectivity index (χ3n) is 1.97. The molecule has 0 amide bonds. The van der Waals surface area contributed by atoms with Crippen LogP contribution < -0.4 is 0 Å². The minimum atomic E-state index is -0.392. The first-order valence-corrected chi connectivity index (χ1v) is 4.58. The number of nitrogens with zero attached hydrogens (tertiary/aromatic N) is 4. The molecule has 76 valence electrons. The highest BCUT2D eigenvalue weighted by Gasteiger charge is 2.13. The molecule has 1 atom stereocenters. The Morgan fingerprint density at radius 2 is 2.36 bits per heavy atom. The van der Waals surface area contributed by atoms with Gasteiger partial charge in [-0.3, -0.25) is 0 Å². The van der Waals surface area contributed by atoms with E-state index in [1.165, 1.54) is 6.33 Å². The van der Waals surface area contributed by atoms with Gasteiger partial charge in [-0.15, -0.1) is 0 Å². The van der Waals surface area contributed by atoms with Gasteiger partial charge in [-0.1, -0.05) is 0 Å². The number of aromatic nitrogens is 3. The zero-order valence-corrected chi connectivity index (χ0v) is 8.38. The standard InChI is InChI=1S/C9H14N4O/c1-7(2)13-9(11-6-12-13)3-8(4-10)5-14/h6-8,14H,3,5H2,1-2H3. The number of rotatable bonds is 4. The second-order valence-corrected chi connectivity index (χ2v) is 3.43. The topological polar surface area (TPSA) is 74.7 Å². The second-order valence-electron chi connectivity index (χ2n) is 3.43. The molecule has 1 rings (SSSR count). The van der Waals surface area contributed by atoms with E-state index in [9.17, 15) is 0 Å². The Morgan fingerprint density at radius 1 is 1.64 bits per heavy atom. The summed E-state index contributed by atoms with van der Waals surface area (Å²) in [5.74, 6) is 0.359. The molecule has 0 aliphatic heterocycles. The van der Waals surface area contributed by atoms with Gasteiger partial charge in [0.1, 0.15) is 12.2 Å². The van der Waals surface area contributed by atoms with Crippen LogP contribution in [0.4, 0.5) is 0 Å². The summed E-state index contributed by atoms with van der Waals surface area (Å²) >= 11 is 0. The van der Waals surface area contributed by atoms with Gasteiger partial charge in [-0.05, 0) is 13.8 Å². The molecule has 0 fully saturated rings. The van der Waals surface area contributed by atoms with Crippen LogP contribution in [0.15, 0.2) is 6.33 Å². The van der Waals surface area contributed by atoms with E-state index in [-0.39, 0.29) is 12.6 Å². The molecule has 1 aromatic rings. The van der Waals surface area contributed by atoms with Crippen LogP contribution in [0, 0.1) is 17.2 Å². The van der Waals surface area contributed by atoms with Gasteiger partial charge in [0.25, 0.3) is 0 Å². The molecular formula is C9H14N4O. The van der Waals surface area contributed by atoms with E-state index >= 15 is 0 Å². The fourth-order valence-electron chi connectivity index (χ4n) is 1.22. The molecule has 0 spiro atoms. The highest BCUT2D eigenvalue weighted by molar-refractivity contribution is 4.95. The van der Waals surface area contributed by atoms with Gasteiger partial charge in [-0.2, -0.15) is 10.4 Å². The molecule has 1 aromatic heterocycles. The number of aliphatic hydroxyl groups excluding tert-OH is 1. The van der Waals surface area contributed by atoms with Crippen LogP contribution in [-0.4, -0.2) is 26.5 Å². The Balaban J connectivity index is 2.76. The Kier molecular flexibility index (Phi) is 3.60. The van der Waals surface area contributed by atoms with E-state index in [0.29, 0.717) is 6.42 Å². The van der Waals surface area contributed by atoms with Crippen LogP contribution in [0.1, 0.15) is 25.7 Å². The van der Waals surface area contributed by atoms with Crippen molar-refractivity contribution in [2.24, 2.45) is 5.92 Å². The highest BCUT2D eigenvalue weighted by atomic mass is 16.3. The summed E-state index contributed by atoms with van der Waals surface area (Å²) < 4.78 is 1.76. The first-order valence-electron chi connectivity index (χ1n) is 4.58. The zero-order chi connectivity index (χ0) is 10.6. The smallest absolute Gasteiger partial charge is 0.138 e. The molecule has 0 aromatic carbocycles. The number of hydrogen-bond donors (Lipinski definition) is 1. The Morgan fingerprint density at radius 3 is 2.86 bits per heavy atom. The Bertz CT molecular complexity index is 326. The van der Waals surface area contributed by atoms with E-state index in [0.717, 1.165) is 5.82 Å². The van der Waals surface area contributed by atoms with Crippen LogP contribution in [0.25, 0.3) is 0 Å². The van der Waals surface area contributed by atoms with E-state index in [1.807, 2.05) is 19.9 Å². The van der Waals surface area contributed by atoms with E-state index in [4.69, 9.17) is 10.4 Å². The number of aliphatic hydroxyl groups is 1. The van der Waals surface area contributed by atoms with Crippen molar-refractivity contribution in [2.75, 3.05) is 6.61 Å². The largest absolute Gasteiger partial charge is 0.395 e. The maximum Gasteiger partial charge on any atom is 0.138 e. The maximum absolute atomic E-state index is 8.87. The van der Waals surface area contributed by atoms with Gasteiger partial charge in [0, 0.05) is 12.5 Å². The predicted octanol–water partition coefficient (Wildman–Crippen LogP) is 0.534. The molecule has 0 bridgehead atoms. The maximum atomic E-state index is 8.87. The van der Waals surface area contributed by atoms with E-state index in [1.54, 1.807) is 4.68 Å². The average Bonchev–Trinajstić information content (AvgIpc) is 2.62. The van der Waals surface area contributed by atoms with Crippen LogP contribution in [0.3, 0.4) is 0 Å². The van der Waals surface area contributed by atoms with Crippen LogP contribution >= 0.6 is 0 Å². The lowest BCUT2D eigenvalue weighted by Gasteiger charge is -2.10. The van der Waals surface area contributed by atoms with Crippen LogP contribution in [0.5, 0.6) is 0 Å². The predicted molar refractivity (Wildman–Crippen MR) is 50.3 cm³/mol. The lowest BCUT2D eigenvalue weighted by atomic mass is 10.1. The monoisotopic (exact) mass is 194 g/mol. The van der Waals surface area contributed by atoms with Crippen molar-refractivity contribution in [3.8, 4) is 6.07 Å². The number of nitriles is 1. The summed E-state index contributed by atoms with van der Waals surface area (Å²) in [5, 5.41) is 21.6. The lowest BCUT2D eigenvalue weighted by Crippen LogP contribution is -2.14. The summed E-state index contributed by atoms with van der Waals surface area (Å²) in [6.07, 6.45) is 1.92. The lowest BCUT2D eigenvalue weighted by molar-refractivity contribution is 0.252. The molecule has 14 heavy (non-hydrogen) atoms. The summed E-state index contributed by atoms with van der Waals surface area (Å²) in [7, 11) is 0. The van der Waals surface area contributed by atoms with Crippen molar-refractivity contribution < 1.29 is 5.11 Å². The molecule has 0 aliphatic rings. The van der Waals surface area contributed by atoms with Crippen molar-refractivity contribution in [3.63, 3.8) is 0 Å². The molecule has 0 aliphatic carbocycles. The van der Waals surface area contributed by atoms with E-state index in [2.05, 4.69) is 10.1 Å². The second kappa shape index (κ2) is 4.72.